The zero-order chi connectivity index (χ0) is 10.1. The molecule has 0 bridgehead atoms. The highest BCUT2D eigenvalue weighted by molar-refractivity contribution is 5.80. The summed E-state index contributed by atoms with van der Waals surface area (Å²) in [5, 5.41) is 12.4. The minimum absolute atomic E-state index is 0.228. The van der Waals surface area contributed by atoms with Crippen LogP contribution in [0.15, 0.2) is 24.3 Å². The maximum absolute atomic E-state index is 11.0. The van der Waals surface area contributed by atoms with E-state index in [-0.39, 0.29) is 12.0 Å². The molecular formula is C11H13NO2. The number of aliphatic carboxylic acids is 1. The van der Waals surface area contributed by atoms with Gasteiger partial charge in [-0.2, -0.15) is 0 Å². The van der Waals surface area contributed by atoms with Crippen molar-refractivity contribution in [3.63, 3.8) is 0 Å². The standard InChI is InChI=1S/C11H13NO2/c1-7-6-9(11(13)14)8-4-2-3-5-10(8)12-7/h2-5,7,9,12H,6H2,1H3,(H,13,14)/t7-,9+/m0/s1. The summed E-state index contributed by atoms with van der Waals surface area (Å²) in [6, 6.07) is 7.84. The summed E-state index contributed by atoms with van der Waals surface area (Å²) in [6.07, 6.45) is 0.659. The smallest absolute Gasteiger partial charge is 0.311 e. The van der Waals surface area contributed by atoms with Gasteiger partial charge < -0.3 is 10.4 Å². The van der Waals surface area contributed by atoms with Crippen LogP contribution in [-0.4, -0.2) is 17.1 Å². The van der Waals surface area contributed by atoms with Crippen molar-refractivity contribution in [3.05, 3.63) is 29.8 Å². The van der Waals surface area contributed by atoms with Crippen LogP contribution < -0.4 is 5.32 Å². The Kier molecular flexibility index (Phi) is 2.15. The van der Waals surface area contributed by atoms with Crippen molar-refractivity contribution in [2.24, 2.45) is 0 Å². The average molecular weight is 191 g/mol. The quantitative estimate of drug-likeness (QED) is 0.714. The van der Waals surface area contributed by atoms with Crippen molar-refractivity contribution in [2.75, 3.05) is 5.32 Å². The number of benzene rings is 1. The van der Waals surface area contributed by atoms with Crippen molar-refractivity contribution >= 4 is 11.7 Å². The average Bonchev–Trinajstić information content (AvgIpc) is 2.16. The number of hydrogen-bond acceptors (Lipinski definition) is 2. The molecule has 74 valence electrons. The van der Waals surface area contributed by atoms with E-state index in [4.69, 9.17) is 5.11 Å². The molecular weight excluding hydrogens is 178 g/mol. The summed E-state index contributed by atoms with van der Waals surface area (Å²) < 4.78 is 0. The van der Waals surface area contributed by atoms with Gasteiger partial charge in [0.15, 0.2) is 0 Å². The van der Waals surface area contributed by atoms with Gasteiger partial charge >= 0.3 is 5.97 Å². The fourth-order valence-corrected chi connectivity index (χ4v) is 1.97. The Labute approximate surface area is 82.8 Å². The number of fused-ring (bicyclic) bond motifs is 1. The Bertz CT molecular complexity index is 362. The third kappa shape index (κ3) is 1.45. The van der Waals surface area contributed by atoms with Crippen molar-refractivity contribution in [3.8, 4) is 0 Å². The number of para-hydroxylation sites is 1. The van der Waals surface area contributed by atoms with Crippen LogP contribution in [0.5, 0.6) is 0 Å². The van der Waals surface area contributed by atoms with Gasteiger partial charge in [0.05, 0.1) is 5.92 Å². The summed E-state index contributed by atoms with van der Waals surface area (Å²) in [7, 11) is 0. The molecule has 1 aromatic rings. The number of nitrogens with one attached hydrogen (secondary N) is 1. The van der Waals surface area contributed by atoms with Crippen LogP contribution in [0.1, 0.15) is 24.8 Å². The van der Waals surface area contributed by atoms with Gasteiger partial charge in [-0.1, -0.05) is 18.2 Å². The Hall–Kier alpha value is -1.51. The first-order chi connectivity index (χ1) is 6.68. The predicted molar refractivity (Wildman–Crippen MR) is 54.5 cm³/mol. The normalized spacial score (nSPS) is 24.9. The first-order valence-corrected chi connectivity index (χ1v) is 4.76. The molecule has 0 unspecified atom stereocenters. The highest BCUT2D eigenvalue weighted by atomic mass is 16.4. The monoisotopic (exact) mass is 191 g/mol. The summed E-state index contributed by atoms with van der Waals surface area (Å²) in [4.78, 5) is 11.0. The lowest BCUT2D eigenvalue weighted by Gasteiger charge is -2.28. The van der Waals surface area contributed by atoms with Crippen molar-refractivity contribution in [1.82, 2.24) is 0 Å². The van der Waals surface area contributed by atoms with Crippen LogP contribution in [0.25, 0.3) is 0 Å². The number of rotatable bonds is 1. The molecule has 2 N–H and O–H groups in total. The molecule has 0 saturated heterocycles. The molecule has 0 spiro atoms. The van der Waals surface area contributed by atoms with Gasteiger partial charge in [-0.3, -0.25) is 4.79 Å². The van der Waals surface area contributed by atoms with E-state index in [1.54, 1.807) is 0 Å². The third-order valence-electron chi connectivity index (χ3n) is 2.63. The van der Waals surface area contributed by atoms with E-state index in [2.05, 4.69) is 5.32 Å². The number of carboxylic acids is 1. The van der Waals surface area contributed by atoms with E-state index in [0.29, 0.717) is 6.42 Å². The predicted octanol–water partition coefficient (Wildman–Crippen LogP) is 2.06. The van der Waals surface area contributed by atoms with E-state index in [9.17, 15) is 4.79 Å². The molecule has 1 aliphatic heterocycles. The van der Waals surface area contributed by atoms with E-state index in [0.717, 1.165) is 11.3 Å². The zero-order valence-corrected chi connectivity index (χ0v) is 8.03. The van der Waals surface area contributed by atoms with E-state index in [1.165, 1.54) is 0 Å². The molecule has 0 radical (unpaired) electrons. The fraction of sp³-hybridized carbons (Fsp3) is 0.364. The van der Waals surface area contributed by atoms with Crippen LogP contribution in [0, 0.1) is 0 Å². The number of hydrogen-bond donors (Lipinski definition) is 2. The molecule has 3 heteroatoms. The number of anilines is 1. The van der Waals surface area contributed by atoms with Crippen molar-refractivity contribution in [2.45, 2.75) is 25.3 Å². The molecule has 3 nitrogen and oxygen atoms in total. The fourth-order valence-electron chi connectivity index (χ4n) is 1.97. The van der Waals surface area contributed by atoms with Gasteiger partial charge in [0, 0.05) is 11.7 Å². The molecule has 0 amide bonds. The first kappa shape index (κ1) is 9.06. The second-order valence-electron chi connectivity index (χ2n) is 3.76. The summed E-state index contributed by atoms with van der Waals surface area (Å²) >= 11 is 0. The van der Waals surface area contributed by atoms with Gasteiger partial charge in [-0.05, 0) is 25.0 Å². The maximum atomic E-state index is 11.0. The Balaban J connectivity index is 2.43. The molecule has 1 aromatic carbocycles. The molecule has 2 rings (SSSR count). The van der Waals surface area contributed by atoms with Gasteiger partial charge in [0.2, 0.25) is 0 Å². The molecule has 1 aliphatic rings. The van der Waals surface area contributed by atoms with Crippen LogP contribution in [0.3, 0.4) is 0 Å². The summed E-state index contributed by atoms with van der Waals surface area (Å²) in [6.45, 7) is 2.01. The summed E-state index contributed by atoms with van der Waals surface area (Å²) in [5.74, 6) is -1.09. The topological polar surface area (TPSA) is 49.3 Å². The van der Waals surface area contributed by atoms with Gasteiger partial charge in [0.25, 0.3) is 0 Å². The second-order valence-corrected chi connectivity index (χ2v) is 3.76. The first-order valence-electron chi connectivity index (χ1n) is 4.76. The van der Waals surface area contributed by atoms with Gasteiger partial charge in [-0.15, -0.1) is 0 Å². The zero-order valence-electron chi connectivity index (χ0n) is 8.03. The minimum Gasteiger partial charge on any atom is -0.481 e. The van der Waals surface area contributed by atoms with E-state index in [1.807, 2.05) is 31.2 Å². The Morgan fingerprint density at radius 3 is 2.93 bits per heavy atom. The van der Waals surface area contributed by atoms with Crippen LogP contribution >= 0.6 is 0 Å². The van der Waals surface area contributed by atoms with Crippen LogP contribution in [0.2, 0.25) is 0 Å². The van der Waals surface area contributed by atoms with Gasteiger partial charge in [0.1, 0.15) is 0 Å². The molecule has 14 heavy (non-hydrogen) atoms. The summed E-state index contributed by atoms with van der Waals surface area (Å²) in [5.41, 5.74) is 1.86. The lowest BCUT2D eigenvalue weighted by Crippen LogP contribution is -2.29. The minimum atomic E-state index is -0.731. The number of carbonyl (C=O) groups is 1. The van der Waals surface area contributed by atoms with Crippen LogP contribution in [0.4, 0.5) is 5.69 Å². The second kappa shape index (κ2) is 3.33. The molecule has 0 aliphatic carbocycles. The van der Waals surface area contributed by atoms with Crippen molar-refractivity contribution in [1.29, 1.82) is 0 Å². The van der Waals surface area contributed by atoms with Crippen LogP contribution in [-0.2, 0) is 4.79 Å². The lowest BCUT2D eigenvalue weighted by atomic mass is 9.88. The molecule has 2 atom stereocenters. The van der Waals surface area contributed by atoms with E-state index < -0.39 is 5.97 Å². The highest BCUT2D eigenvalue weighted by Crippen LogP contribution is 2.33. The Morgan fingerprint density at radius 1 is 1.50 bits per heavy atom. The maximum Gasteiger partial charge on any atom is 0.311 e. The highest BCUT2D eigenvalue weighted by Gasteiger charge is 2.28. The molecule has 1 heterocycles. The Morgan fingerprint density at radius 2 is 2.21 bits per heavy atom. The van der Waals surface area contributed by atoms with Gasteiger partial charge in [-0.25, -0.2) is 0 Å². The third-order valence-corrected chi connectivity index (χ3v) is 2.63. The van der Waals surface area contributed by atoms with Crippen molar-refractivity contribution < 1.29 is 9.90 Å². The SMILES string of the molecule is C[C@H]1C[C@@H](C(=O)O)c2ccccc2N1. The largest absolute Gasteiger partial charge is 0.481 e. The number of carboxylic acid groups (broad SMARTS) is 1. The molecule has 0 fully saturated rings. The molecule has 0 aromatic heterocycles. The lowest BCUT2D eigenvalue weighted by molar-refractivity contribution is -0.139. The van der Waals surface area contributed by atoms with E-state index >= 15 is 0 Å². The molecule has 0 saturated carbocycles.